The SMILES string of the molecule is Cc1nnc(-c2ccccc2-c2ccc(NC(=O)NC3CC3)cc2)o1. The lowest BCUT2D eigenvalue weighted by atomic mass is 9.99. The number of benzene rings is 2. The number of aromatic nitrogens is 2. The van der Waals surface area contributed by atoms with E-state index in [9.17, 15) is 4.79 Å². The lowest BCUT2D eigenvalue weighted by Gasteiger charge is -2.09. The summed E-state index contributed by atoms with van der Waals surface area (Å²) in [5.41, 5.74) is 3.66. The quantitative estimate of drug-likeness (QED) is 0.756. The third-order valence-corrected chi connectivity index (χ3v) is 4.05. The second-order valence-corrected chi connectivity index (χ2v) is 6.12. The molecule has 0 radical (unpaired) electrons. The molecule has 0 atom stereocenters. The summed E-state index contributed by atoms with van der Waals surface area (Å²) in [6.07, 6.45) is 2.14. The summed E-state index contributed by atoms with van der Waals surface area (Å²) in [6.45, 7) is 1.77. The van der Waals surface area contributed by atoms with Crippen molar-refractivity contribution in [2.75, 3.05) is 5.32 Å². The second kappa shape index (κ2) is 6.39. The maximum Gasteiger partial charge on any atom is 0.319 e. The third kappa shape index (κ3) is 3.52. The van der Waals surface area contributed by atoms with Gasteiger partial charge in [-0.05, 0) is 42.2 Å². The largest absolute Gasteiger partial charge is 0.421 e. The number of carbonyl (C=O) groups excluding carboxylic acids is 1. The van der Waals surface area contributed by atoms with Crippen LogP contribution >= 0.6 is 0 Å². The van der Waals surface area contributed by atoms with Crippen LogP contribution in [0.4, 0.5) is 10.5 Å². The fourth-order valence-corrected chi connectivity index (χ4v) is 2.64. The van der Waals surface area contributed by atoms with E-state index in [1.807, 2.05) is 48.5 Å². The highest BCUT2D eigenvalue weighted by Crippen LogP contribution is 2.31. The molecule has 1 saturated carbocycles. The molecule has 1 aliphatic carbocycles. The monoisotopic (exact) mass is 334 g/mol. The van der Waals surface area contributed by atoms with E-state index in [4.69, 9.17) is 4.42 Å². The molecule has 4 rings (SSSR count). The van der Waals surface area contributed by atoms with Gasteiger partial charge in [-0.3, -0.25) is 0 Å². The molecule has 6 nitrogen and oxygen atoms in total. The lowest BCUT2D eigenvalue weighted by molar-refractivity contribution is 0.251. The van der Waals surface area contributed by atoms with Crippen molar-refractivity contribution in [3.8, 4) is 22.6 Å². The fourth-order valence-electron chi connectivity index (χ4n) is 2.64. The number of aryl methyl sites for hydroxylation is 1. The number of amides is 2. The van der Waals surface area contributed by atoms with Crippen LogP contribution in [0.1, 0.15) is 18.7 Å². The number of hydrogen-bond donors (Lipinski definition) is 2. The van der Waals surface area contributed by atoms with E-state index in [2.05, 4.69) is 20.8 Å². The Kier molecular flexibility index (Phi) is 3.93. The van der Waals surface area contributed by atoms with Crippen LogP contribution < -0.4 is 10.6 Å². The highest BCUT2D eigenvalue weighted by atomic mass is 16.4. The summed E-state index contributed by atoms with van der Waals surface area (Å²) in [4.78, 5) is 11.8. The Morgan fingerprint density at radius 2 is 1.76 bits per heavy atom. The Morgan fingerprint density at radius 3 is 2.40 bits per heavy atom. The van der Waals surface area contributed by atoms with Gasteiger partial charge in [0.15, 0.2) is 0 Å². The second-order valence-electron chi connectivity index (χ2n) is 6.12. The molecule has 2 N–H and O–H groups in total. The predicted octanol–water partition coefficient (Wildman–Crippen LogP) is 4.00. The van der Waals surface area contributed by atoms with Crippen molar-refractivity contribution in [2.24, 2.45) is 0 Å². The molecule has 2 amide bonds. The molecular formula is C19H18N4O2. The molecule has 3 aromatic rings. The van der Waals surface area contributed by atoms with Crippen LogP contribution in [0.5, 0.6) is 0 Å². The average Bonchev–Trinajstić information content (AvgIpc) is 3.33. The molecule has 0 saturated heterocycles. The fraction of sp³-hybridized carbons (Fsp3) is 0.211. The number of nitrogens with one attached hydrogen (secondary N) is 2. The Balaban J connectivity index is 1.57. The van der Waals surface area contributed by atoms with Crippen molar-refractivity contribution in [2.45, 2.75) is 25.8 Å². The number of nitrogens with zero attached hydrogens (tertiary/aromatic N) is 2. The lowest BCUT2D eigenvalue weighted by Crippen LogP contribution is -2.30. The van der Waals surface area contributed by atoms with Crippen LogP contribution in [-0.2, 0) is 0 Å². The van der Waals surface area contributed by atoms with Crippen molar-refractivity contribution >= 4 is 11.7 Å². The van der Waals surface area contributed by atoms with Gasteiger partial charge in [0.2, 0.25) is 11.8 Å². The van der Waals surface area contributed by atoms with E-state index in [1.54, 1.807) is 6.92 Å². The zero-order valence-corrected chi connectivity index (χ0v) is 13.8. The molecule has 1 heterocycles. The van der Waals surface area contributed by atoms with Crippen molar-refractivity contribution in [3.63, 3.8) is 0 Å². The van der Waals surface area contributed by atoms with Crippen LogP contribution in [0.25, 0.3) is 22.6 Å². The highest BCUT2D eigenvalue weighted by molar-refractivity contribution is 5.90. The topological polar surface area (TPSA) is 80.0 Å². The summed E-state index contributed by atoms with van der Waals surface area (Å²) in [5.74, 6) is 1.03. The molecule has 2 aromatic carbocycles. The van der Waals surface area contributed by atoms with E-state index in [-0.39, 0.29) is 6.03 Å². The van der Waals surface area contributed by atoms with E-state index in [1.165, 1.54) is 0 Å². The third-order valence-electron chi connectivity index (χ3n) is 4.05. The molecule has 0 spiro atoms. The first-order chi connectivity index (χ1) is 12.2. The Labute approximate surface area is 145 Å². The average molecular weight is 334 g/mol. The summed E-state index contributed by atoms with van der Waals surface area (Å²) >= 11 is 0. The summed E-state index contributed by atoms with van der Waals surface area (Å²) in [5, 5.41) is 13.8. The molecule has 0 aliphatic heterocycles. The van der Waals surface area contributed by atoms with Gasteiger partial charge in [-0.2, -0.15) is 0 Å². The van der Waals surface area contributed by atoms with Crippen molar-refractivity contribution < 1.29 is 9.21 Å². The molecule has 25 heavy (non-hydrogen) atoms. The maximum absolute atomic E-state index is 11.8. The number of urea groups is 1. The highest BCUT2D eigenvalue weighted by Gasteiger charge is 2.23. The summed E-state index contributed by atoms with van der Waals surface area (Å²) < 4.78 is 5.56. The van der Waals surface area contributed by atoms with E-state index in [0.717, 1.165) is 35.2 Å². The van der Waals surface area contributed by atoms with Gasteiger partial charge >= 0.3 is 6.03 Å². The number of rotatable bonds is 4. The predicted molar refractivity (Wildman–Crippen MR) is 95.1 cm³/mol. The maximum atomic E-state index is 11.8. The minimum absolute atomic E-state index is 0.156. The molecule has 1 fully saturated rings. The molecule has 6 heteroatoms. The Bertz CT molecular complexity index is 898. The molecular weight excluding hydrogens is 316 g/mol. The van der Waals surface area contributed by atoms with Crippen LogP contribution in [0.3, 0.4) is 0 Å². The van der Waals surface area contributed by atoms with Gasteiger partial charge in [0.1, 0.15) is 0 Å². The zero-order valence-electron chi connectivity index (χ0n) is 13.8. The summed E-state index contributed by atoms with van der Waals surface area (Å²) in [6, 6.07) is 15.8. The van der Waals surface area contributed by atoms with Crippen LogP contribution in [-0.4, -0.2) is 22.3 Å². The van der Waals surface area contributed by atoms with Gasteiger partial charge in [-0.15, -0.1) is 10.2 Å². The van der Waals surface area contributed by atoms with Gasteiger partial charge in [0, 0.05) is 24.2 Å². The standard InChI is InChI=1S/C19H18N4O2/c1-12-22-23-18(25-12)17-5-3-2-4-16(17)13-6-8-14(9-7-13)20-19(24)21-15-10-11-15/h2-9,15H,10-11H2,1H3,(H2,20,21,24). The van der Waals surface area contributed by atoms with Crippen LogP contribution in [0, 0.1) is 6.92 Å². The molecule has 1 aliphatic rings. The van der Waals surface area contributed by atoms with Gasteiger partial charge in [0.25, 0.3) is 0 Å². The molecule has 126 valence electrons. The Hall–Kier alpha value is -3.15. The molecule has 0 unspecified atom stereocenters. The van der Waals surface area contributed by atoms with Crippen molar-refractivity contribution in [1.82, 2.24) is 15.5 Å². The van der Waals surface area contributed by atoms with E-state index in [0.29, 0.717) is 17.8 Å². The van der Waals surface area contributed by atoms with Crippen molar-refractivity contribution in [3.05, 3.63) is 54.4 Å². The van der Waals surface area contributed by atoms with Gasteiger partial charge in [-0.25, -0.2) is 4.79 Å². The van der Waals surface area contributed by atoms with Crippen molar-refractivity contribution in [1.29, 1.82) is 0 Å². The smallest absolute Gasteiger partial charge is 0.319 e. The zero-order chi connectivity index (χ0) is 17.2. The van der Waals surface area contributed by atoms with Gasteiger partial charge in [-0.1, -0.05) is 30.3 Å². The number of anilines is 1. The number of carbonyl (C=O) groups is 1. The minimum atomic E-state index is -0.156. The van der Waals surface area contributed by atoms with E-state index >= 15 is 0 Å². The first-order valence-electron chi connectivity index (χ1n) is 8.26. The first-order valence-corrected chi connectivity index (χ1v) is 8.26. The van der Waals surface area contributed by atoms with Gasteiger partial charge < -0.3 is 15.1 Å². The van der Waals surface area contributed by atoms with Gasteiger partial charge in [0.05, 0.1) is 0 Å². The van der Waals surface area contributed by atoms with Crippen LogP contribution in [0.2, 0.25) is 0 Å². The normalized spacial score (nSPS) is 13.5. The number of hydrogen-bond acceptors (Lipinski definition) is 4. The summed E-state index contributed by atoms with van der Waals surface area (Å²) in [7, 11) is 0. The first kappa shape index (κ1) is 15.4. The molecule has 0 bridgehead atoms. The van der Waals surface area contributed by atoms with E-state index < -0.39 is 0 Å². The Morgan fingerprint density at radius 1 is 1.04 bits per heavy atom. The minimum Gasteiger partial charge on any atom is -0.421 e. The van der Waals surface area contributed by atoms with Crippen LogP contribution in [0.15, 0.2) is 52.9 Å². The molecule has 1 aromatic heterocycles.